The highest BCUT2D eigenvalue weighted by molar-refractivity contribution is 5.73. The Morgan fingerprint density at radius 2 is 1.79 bits per heavy atom. The van der Waals surface area contributed by atoms with Crippen LogP contribution in [0.15, 0.2) is 41.3 Å². The molecule has 6 heteroatoms. The summed E-state index contributed by atoms with van der Waals surface area (Å²) in [7, 11) is 0. The molecule has 42 heavy (non-hydrogen) atoms. The molecular formula is C36H50N4O2. The number of aromatic nitrogens is 2. The van der Waals surface area contributed by atoms with Crippen molar-refractivity contribution in [3.05, 3.63) is 80.5 Å². The largest absolute Gasteiger partial charge is 0.381 e. The van der Waals surface area contributed by atoms with Crippen LogP contribution in [-0.4, -0.2) is 53.8 Å². The summed E-state index contributed by atoms with van der Waals surface area (Å²) in [6.07, 6.45) is 7.27. The van der Waals surface area contributed by atoms with Crippen LogP contribution in [0.2, 0.25) is 0 Å². The lowest BCUT2D eigenvalue weighted by Gasteiger charge is -2.37. The van der Waals surface area contributed by atoms with Gasteiger partial charge in [-0.1, -0.05) is 32.9 Å². The fraction of sp³-hybridized carbons (Fsp3) is 0.556. The molecule has 2 aliphatic heterocycles. The highest BCUT2D eigenvalue weighted by Crippen LogP contribution is 2.35. The van der Waals surface area contributed by atoms with Gasteiger partial charge in [0.25, 0.3) is 5.56 Å². The first kappa shape index (κ1) is 30.5. The fourth-order valence-electron chi connectivity index (χ4n) is 6.80. The fourth-order valence-corrected chi connectivity index (χ4v) is 6.80. The number of likely N-dealkylation sites (tertiary alicyclic amines) is 1. The van der Waals surface area contributed by atoms with E-state index in [4.69, 9.17) is 9.72 Å². The van der Waals surface area contributed by atoms with Crippen LogP contribution in [-0.2, 0) is 17.7 Å². The molecular weight excluding hydrogens is 520 g/mol. The van der Waals surface area contributed by atoms with E-state index in [1.807, 2.05) is 13.1 Å². The first-order valence-electron chi connectivity index (χ1n) is 16.1. The van der Waals surface area contributed by atoms with Gasteiger partial charge in [0, 0.05) is 67.5 Å². The van der Waals surface area contributed by atoms with Gasteiger partial charge >= 0.3 is 0 Å². The second-order valence-electron chi connectivity index (χ2n) is 13.0. The summed E-state index contributed by atoms with van der Waals surface area (Å²) in [4.78, 5) is 26.4. The molecule has 226 valence electrons. The van der Waals surface area contributed by atoms with E-state index in [1.54, 1.807) is 0 Å². The normalized spacial score (nSPS) is 17.2. The number of anilines is 1. The second kappa shape index (κ2) is 13.6. The Morgan fingerprint density at radius 1 is 1.05 bits per heavy atom. The maximum atomic E-state index is 13.3. The summed E-state index contributed by atoms with van der Waals surface area (Å²) in [6, 6.07) is 11.7. The summed E-state index contributed by atoms with van der Waals surface area (Å²) >= 11 is 0. The Bertz CT molecular complexity index is 1400. The number of hydrogen-bond acceptors (Lipinski definition) is 5. The average Bonchev–Trinajstić information content (AvgIpc) is 2.98. The topological polar surface area (TPSA) is 61.5 Å². The van der Waals surface area contributed by atoms with Crippen LogP contribution in [0.25, 0.3) is 11.1 Å². The van der Waals surface area contributed by atoms with Crippen molar-refractivity contribution in [2.45, 2.75) is 92.2 Å². The third kappa shape index (κ3) is 6.98. The smallest absolute Gasteiger partial charge is 0.251 e. The van der Waals surface area contributed by atoms with Gasteiger partial charge in [-0.15, -0.1) is 0 Å². The monoisotopic (exact) mass is 570 g/mol. The Labute approximate surface area is 252 Å². The Kier molecular flexibility index (Phi) is 9.85. The maximum absolute atomic E-state index is 13.3. The van der Waals surface area contributed by atoms with E-state index >= 15 is 0 Å². The Hall–Kier alpha value is -2.96. The quantitative estimate of drug-likeness (QED) is 0.300. The van der Waals surface area contributed by atoms with Crippen LogP contribution < -0.4 is 10.5 Å². The maximum Gasteiger partial charge on any atom is 0.251 e. The molecule has 2 fully saturated rings. The Balaban J connectivity index is 1.53. The number of hydrogen-bond donors (Lipinski definition) is 1. The minimum atomic E-state index is 0.0277. The summed E-state index contributed by atoms with van der Waals surface area (Å²) in [5, 5.41) is 0. The number of pyridine rings is 2. The SMILES string of the molecule is CCN(c1cc(-c2ccc(CN3CCC(C)CC3)nc2)cc(Cc2c(C(C)C)cc(C)[nH]c2=O)c1C)C1CCOCC1. The number of ether oxygens (including phenoxy) is 1. The van der Waals surface area contributed by atoms with E-state index in [-0.39, 0.29) is 11.5 Å². The van der Waals surface area contributed by atoms with Crippen LogP contribution >= 0.6 is 0 Å². The van der Waals surface area contributed by atoms with Gasteiger partial charge in [-0.25, -0.2) is 0 Å². The van der Waals surface area contributed by atoms with Crippen molar-refractivity contribution >= 4 is 5.69 Å². The molecule has 0 aliphatic carbocycles. The lowest BCUT2D eigenvalue weighted by Crippen LogP contribution is -2.40. The third-order valence-corrected chi connectivity index (χ3v) is 9.48. The molecule has 2 aliphatic rings. The first-order valence-corrected chi connectivity index (χ1v) is 16.1. The van der Waals surface area contributed by atoms with Crippen molar-refractivity contribution in [3.63, 3.8) is 0 Å². The molecule has 0 atom stereocenters. The number of nitrogens with zero attached hydrogens (tertiary/aromatic N) is 3. The number of piperidine rings is 1. The van der Waals surface area contributed by atoms with Gasteiger partial charge in [-0.3, -0.25) is 14.7 Å². The van der Waals surface area contributed by atoms with Crippen LogP contribution in [0.5, 0.6) is 0 Å². The first-order chi connectivity index (χ1) is 20.2. The third-order valence-electron chi connectivity index (χ3n) is 9.48. The zero-order valence-corrected chi connectivity index (χ0v) is 26.6. The number of aryl methyl sites for hydroxylation is 1. The zero-order valence-electron chi connectivity index (χ0n) is 26.6. The number of rotatable bonds is 9. The van der Waals surface area contributed by atoms with Crippen LogP contribution in [0, 0.1) is 19.8 Å². The van der Waals surface area contributed by atoms with Crippen molar-refractivity contribution < 1.29 is 4.74 Å². The van der Waals surface area contributed by atoms with E-state index < -0.39 is 0 Å². The lowest BCUT2D eigenvalue weighted by atomic mass is 9.89. The molecule has 0 saturated carbocycles. The molecule has 0 bridgehead atoms. The van der Waals surface area contributed by atoms with Crippen LogP contribution in [0.1, 0.15) is 92.9 Å². The molecule has 1 N–H and O–H groups in total. The number of H-pyrrole nitrogens is 1. The highest BCUT2D eigenvalue weighted by Gasteiger charge is 2.24. The molecule has 0 unspecified atom stereocenters. The molecule has 3 aromatic rings. The van der Waals surface area contributed by atoms with Gasteiger partial charge in [-0.2, -0.15) is 0 Å². The van der Waals surface area contributed by atoms with Crippen molar-refractivity contribution in [1.29, 1.82) is 0 Å². The van der Waals surface area contributed by atoms with E-state index in [9.17, 15) is 4.79 Å². The predicted molar refractivity (Wildman–Crippen MR) is 174 cm³/mol. The van der Waals surface area contributed by atoms with Gasteiger partial charge in [-0.05, 0) is 112 Å². The van der Waals surface area contributed by atoms with Gasteiger partial charge < -0.3 is 14.6 Å². The number of nitrogens with one attached hydrogen (secondary N) is 1. The van der Waals surface area contributed by atoms with E-state index in [1.165, 1.54) is 29.7 Å². The minimum Gasteiger partial charge on any atom is -0.381 e. The van der Waals surface area contributed by atoms with Gasteiger partial charge in [0.15, 0.2) is 0 Å². The lowest BCUT2D eigenvalue weighted by molar-refractivity contribution is 0.0846. The molecule has 4 heterocycles. The predicted octanol–water partition coefficient (Wildman–Crippen LogP) is 7.01. The van der Waals surface area contributed by atoms with E-state index in [0.717, 1.165) is 91.8 Å². The van der Waals surface area contributed by atoms with E-state index in [2.05, 4.69) is 79.7 Å². The average molecular weight is 571 g/mol. The molecule has 6 nitrogen and oxygen atoms in total. The number of aromatic amines is 1. The molecule has 0 spiro atoms. The van der Waals surface area contributed by atoms with Gasteiger partial charge in [0.1, 0.15) is 0 Å². The molecule has 5 rings (SSSR count). The van der Waals surface area contributed by atoms with Crippen molar-refractivity contribution in [2.24, 2.45) is 5.92 Å². The van der Waals surface area contributed by atoms with Crippen LogP contribution in [0.3, 0.4) is 0 Å². The molecule has 2 saturated heterocycles. The summed E-state index contributed by atoms with van der Waals surface area (Å²) in [5.74, 6) is 1.11. The summed E-state index contributed by atoms with van der Waals surface area (Å²) in [6.45, 7) is 18.9. The van der Waals surface area contributed by atoms with Crippen LogP contribution in [0.4, 0.5) is 5.69 Å². The van der Waals surface area contributed by atoms with E-state index in [0.29, 0.717) is 12.5 Å². The molecule has 2 aromatic heterocycles. The summed E-state index contributed by atoms with van der Waals surface area (Å²) < 4.78 is 5.71. The standard InChI is InChI=1S/C36H50N4O2/c1-7-40(32-12-16-42-17-13-32)35-21-30(28-8-9-31(37-22-28)23-39-14-10-25(4)11-15-39)19-29(27(35)6)20-34-33(24(2)3)18-26(5)38-36(34)41/h8-9,18-19,21-22,24-25,32H,7,10-17,20,23H2,1-6H3,(H,38,41). The molecule has 0 radical (unpaired) electrons. The molecule has 1 aromatic carbocycles. The number of benzene rings is 1. The van der Waals surface area contributed by atoms with Crippen molar-refractivity contribution in [3.8, 4) is 11.1 Å². The zero-order chi connectivity index (χ0) is 29.8. The van der Waals surface area contributed by atoms with Crippen molar-refractivity contribution in [2.75, 3.05) is 37.7 Å². The highest BCUT2D eigenvalue weighted by atomic mass is 16.5. The van der Waals surface area contributed by atoms with Gasteiger partial charge in [0.05, 0.1) is 5.69 Å². The minimum absolute atomic E-state index is 0.0277. The summed E-state index contributed by atoms with van der Waals surface area (Å²) in [5.41, 5.74) is 10.1. The molecule has 0 amide bonds. The van der Waals surface area contributed by atoms with Gasteiger partial charge in [0.2, 0.25) is 0 Å². The van der Waals surface area contributed by atoms with Crippen molar-refractivity contribution in [1.82, 2.24) is 14.9 Å². The Morgan fingerprint density at radius 3 is 2.43 bits per heavy atom. The second-order valence-corrected chi connectivity index (χ2v) is 13.0.